The van der Waals surface area contributed by atoms with Gasteiger partial charge in [-0.3, -0.25) is 0 Å². The number of aromatic nitrogens is 1. The molecule has 0 aliphatic rings. The van der Waals surface area contributed by atoms with Crippen LogP contribution in [0.4, 0.5) is 0 Å². The Morgan fingerprint density at radius 2 is 1.95 bits per heavy atom. The molecule has 102 valence electrons. The normalized spacial score (nSPS) is 11.5. The van der Waals surface area contributed by atoms with Crippen molar-refractivity contribution in [3.63, 3.8) is 0 Å². The van der Waals surface area contributed by atoms with E-state index in [1.165, 1.54) is 4.88 Å². The monoisotopic (exact) mass is 276 g/mol. The Morgan fingerprint density at radius 1 is 1.21 bits per heavy atom. The Bertz CT molecular complexity index is 502. The summed E-state index contributed by atoms with van der Waals surface area (Å²) >= 11 is 1.69. The van der Waals surface area contributed by atoms with Crippen molar-refractivity contribution in [2.75, 3.05) is 0 Å². The zero-order valence-electron chi connectivity index (χ0n) is 11.6. The van der Waals surface area contributed by atoms with Crippen LogP contribution in [0.1, 0.15) is 30.7 Å². The Labute approximate surface area is 118 Å². The third-order valence-corrected chi connectivity index (χ3v) is 3.47. The number of thiazole rings is 1. The first-order valence-corrected chi connectivity index (χ1v) is 7.21. The van der Waals surface area contributed by atoms with Gasteiger partial charge in [-0.15, -0.1) is 11.3 Å². The van der Waals surface area contributed by atoms with E-state index in [9.17, 15) is 0 Å². The summed E-state index contributed by atoms with van der Waals surface area (Å²) in [5.74, 6) is 0.882. The minimum absolute atomic E-state index is 0.130. The van der Waals surface area contributed by atoms with Crippen LogP contribution in [0.5, 0.6) is 5.75 Å². The molecule has 0 spiro atoms. The molecule has 0 bridgehead atoms. The molecule has 3 nitrogen and oxygen atoms in total. The summed E-state index contributed by atoms with van der Waals surface area (Å²) in [6.07, 6.45) is 1.92. The fourth-order valence-electron chi connectivity index (χ4n) is 1.51. The molecular weight excluding hydrogens is 256 g/mol. The summed E-state index contributed by atoms with van der Waals surface area (Å²) in [4.78, 5) is 5.62. The molecule has 1 aromatic heterocycles. The average molecular weight is 276 g/mol. The minimum Gasteiger partial charge on any atom is -0.486 e. The van der Waals surface area contributed by atoms with E-state index in [0.29, 0.717) is 6.61 Å². The molecule has 2 rings (SSSR count). The van der Waals surface area contributed by atoms with Crippen LogP contribution in [0.3, 0.4) is 0 Å². The smallest absolute Gasteiger partial charge is 0.140 e. The van der Waals surface area contributed by atoms with Crippen molar-refractivity contribution in [3.05, 3.63) is 46.4 Å². The van der Waals surface area contributed by atoms with Crippen molar-refractivity contribution in [3.8, 4) is 5.75 Å². The molecule has 0 unspecified atom stereocenters. The molecular formula is C15H20N2OS. The molecule has 4 heteroatoms. The summed E-state index contributed by atoms with van der Waals surface area (Å²) < 4.78 is 5.68. The van der Waals surface area contributed by atoms with Crippen molar-refractivity contribution in [2.24, 2.45) is 0 Å². The fourth-order valence-corrected chi connectivity index (χ4v) is 2.29. The average Bonchev–Trinajstić information content (AvgIpc) is 2.82. The molecule has 1 N–H and O–H groups in total. The van der Waals surface area contributed by atoms with E-state index >= 15 is 0 Å². The Kier molecular flexibility index (Phi) is 4.56. The minimum atomic E-state index is 0.130. The lowest BCUT2D eigenvalue weighted by Crippen LogP contribution is -2.34. The maximum absolute atomic E-state index is 5.68. The lowest BCUT2D eigenvalue weighted by molar-refractivity contribution is 0.305. The van der Waals surface area contributed by atoms with Crippen LogP contribution in [0.2, 0.25) is 0 Å². The van der Waals surface area contributed by atoms with Gasteiger partial charge in [0.15, 0.2) is 0 Å². The standard InChI is InChI=1S/C15H20N2OS/c1-15(2,3)17-10-13-9-16-14(19-13)11-18-12-7-5-4-6-8-12/h4-9,17H,10-11H2,1-3H3. The highest BCUT2D eigenvalue weighted by atomic mass is 32.1. The van der Waals surface area contributed by atoms with E-state index in [-0.39, 0.29) is 5.54 Å². The lowest BCUT2D eigenvalue weighted by Gasteiger charge is -2.19. The summed E-state index contributed by atoms with van der Waals surface area (Å²) in [7, 11) is 0. The van der Waals surface area contributed by atoms with Crippen molar-refractivity contribution in [1.29, 1.82) is 0 Å². The largest absolute Gasteiger partial charge is 0.486 e. The zero-order chi connectivity index (χ0) is 13.7. The van der Waals surface area contributed by atoms with Crippen LogP contribution in [0.15, 0.2) is 36.5 Å². The van der Waals surface area contributed by atoms with Gasteiger partial charge in [-0.2, -0.15) is 0 Å². The summed E-state index contributed by atoms with van der Waals surface area (Å²) in [6.45, 7) is 7.87. The maximum Gasteiger partial charge on any atom is 0.140 e. The molecule has 0 saturated heterocycles. The quantitative estimate of drug-likeness (QED) is 0.906. The topological polar surface area (TPSA) is 34.2 Å². The maximum atomic E-state index is 5.68. The Balaban J connectivity index is 1.84. The molecule has 19 heavy (non-hydrogen) atoms. The SMILES string of the molecule is CC(C)(C)NCc1cnc(COc2ccccc2)s1. The molecule has 2 aromatic rings. The van der Waals surface area contributed by atoms with E-state index < -0.39 is 0 Å². The van der Waals surface area contributed by atoms with Gasteiger partial charge in [-0.25, -0.2) is 4.98 Å². The van der Waals surface area contributed by atoms with Gasteiger partial charge in [0.05, 0.1) is 0 Å². The first-order chi connectivity index (χ1) is 9.03. The molecule has 0 aliphatic heterocycles. The number of hydrogen-bond acceptors (Lipinski definition) is 4. The van der Waals surface area contributed by atoms with Crippen molar-refractivity contribution in [2.45, 2.75) is 39.5 Å². The molecule has 0 atom stereocenters. The van der Waals surface area contributed by atoms with Gasteiger partial charge in [0, 0.05) is 23.2 Å². The van der Waals surface area contributed by atoms with E-state index in [4.69, 9.17) is 4.74 Å². The van der Waals surface area contributed by atoms with Gasteiger partial charge < -0.3 is 10.1 Å². The molecule has 1 aromatic carbocycles. The number of hydrogen-bond donors (Lipinski definition) is 1. The predicted octanol–water partition coefficient (Wildman–Crippen LogP) is 3.61. The van der Waals surface area contributed by atoms with Crippen molar-refractivity contribution < 1.29 is 4.74 Å². The van der Waals surface area contributed by atoms with Crippen LogP contribution in [-0.2, 0) is 13.2 Å². The summed E-state index contributed by atoms with van der Waals surface area (Å²) in [5, 5.41) is 4.46. The van der Waals surface area contributed by atoms with Gasteiger partial charge >= 0.3 is 0 Å². The Morgan fingerprint density at radius 3 is 2.63 bits per heavy atom. The lowest BCUT2D eigenvalue weighted by atomic mass is 10.1. The van der Waals surface area contributed by atoms with Gasteiger partial charge in [0.2, 0.25) is 0 Å². The second-order valence-electron chi connectivity index (χ2n) is 5.43. The van der Waals surface area contributed by atoms with Crippen LogP contribution in [-0.4, -0.2) is 10.5 Å². The van der Waals surface area contributed by atoms with Crippen LogP contribution in [0, 0.1) is 0 Å². The molecule has 0 saturated carbocycles. The molecule has 0 radical (unpaired) electrons. The van der Waals surface area contributed by atoms with Gasteiger partial charge in [0.25, 0.3) is 0 Å². The van der Waals surface area contributed by atoms with Crippen LogP contribution >= 0.6 is 11.3 Å². The third-order valence-electron chi connectivity index (χ3n) is 2.50. The highest BCUT2D eigenvalue weighted by molar-refractivity contribution is 7.11. The van der Waals surface area contributed by atoms with Gasteiger partial charge in [-0.05, 0) is 32.9 Å². The predicted molar refractivity (Wildman–Crippen MR) is 79.5 cm³/mol. The van der Waals surface area contributed by atoms with Crippen LogP contribution < -0.4 is 10.1 Å². The number of benzene rings is 1. The van der Waals surface area contributed by atoms with Crippen molar-refractivity contribution in [1.82, 2.24) is 10.3 Å². The number of para-hydroxylation sites is 1. The highest BCUT2D eigenvalue weighted by Gasteiger charge is 2.10. The number of ether oxygens (including phenoxy) is 1. The van der Waals surface area contributed by atoms with E-state index in [2.05, 4.69) is 31.1 Å². The van der Waals surface area contributed by atoms with E-state index in [0.717, 1.165) is 17.3 Å². The van der Waals surface area contributed by atoms with E-state index in [1.54, 1.807) is 11.3 Å². The van der Waals surface area contributed by atoms with Crippen LogP contribution in [0.25, 0.3) is 0 Å². The fraction of sp³-hybridized carbons (Fsp3) is 0.400. The number of nitrogens with zero attached hydrogens (tertiary/aromatic N) is 1. The van der Waals surface area contributed by atoms with Gasteiger partial charge in [-0.1, -0.05) is 18.2 Å². The molecule has 0 fully saturated rings. The first-order valence-electron chi connectivity index (χ1n) is 6.39. The second-order valence-corrected chi connectivity index (χ2v) is 6.63. The molecule has 0 aliphatic carbocycles. The van der Waals surface area contributed by atoms with E-state index in [1.807, 2.05) is 36.5 Å². The third kappa shape index (κ3) is 5.01. The molecule has 0 amide bonds. The Hall–Kier alpha value is -1.39. The molecule has 1 heterocycles. The highest BCUT2D eigenvalue weighted by Crippen LogP contribution is 2.17. The number of nitrogens with one attached hydrogen (secondary N) is 1. The number of rotatable bonds is 5. The zero-order valence-corrected chi connectivity index (χ0v) is 12.5. The second kappa shape index (κ2) is 6.17. The summed E-state index contributed by atoms with van der Waals surface area (Å²) in [6, 6.07) is 9.82. The van der Waals surface area contributed by atoms with Gasteiger partial charge in [0.1, 0.15) is 17.4 Å². The first kappa shape index (κ1) is 14.0. The van der Waals surface area contributed by atoms with Crippen molar-refractivity contribution >= 4 is 11.3 Å². The summed E-state index contributed by atoms with van der Waals surface area (Å²) in [5.41, 5.74) is 0.130.